The van der Waals surface area contributed by atoms with Gasteiger partial charge in [-0.2, -0.15) is 0 Å². The van der Waals surface area contributed by atoms with Gasteiger partial charge in [0.1, 0.15) is 5.82 Å². The van der Waals surface area contributed by atoms with E-state index in [1.807, 2.05) is 30.3 Å². The summed E-state index contributed by atoms with van der Waals surface area (Å²) >= 11 is 1.27. The molecule has 3 rings (SSSR count). The minimum Gasteiger partial charge on any atom is -0.293 e. The molecule has 6 heteroatoms. The second-order valence-electron chi connectivity index (χ2n) is 4.96. The summed E-state index contributed by atoms with van der Waals surface area (Å²) in [5, 5.41) is 7.15. The van der Waals surface area contributed by atoms with Gasteiger partial charge < -0.3 is 0 Å². The maximum absolute atomic E-state index is 12.9. The molecule has 0 amide bonds. The molecule has 0 saturated heterocycles. The Morgan fingerprint density at radius 1 is 1.13 bits per heavy atom. The largest absolute Gasteiger partial charge is 0.293 e. The van der Waals surface area contributed by atoms with Gasteiger partial charge in [-0.25, -0.2) is 9.37 Å². The van der Waals surface area contributed by atoms with Crippen LogP contribution in [0.2, 0.25) is 0 Å². The fraction of sp³-hybridized carbons (Fsp3) is 0.118. The zero-order chi connectivity index (χ0) is 16.2. The molecule has 1 aromatic heterocycles. The van der Waals surface area contributed by atoms with Gasteiger partial charge in [0.25, 0.3) is 0 Å². The molecular formula is C17H14FN3OS. The van der Waals surface area contributed by atoms with Crippen LogP contribution in [0.1, 0.15) is 17.3 Å². The highest BCUT2D eigenvalue weighted by atomic mass is 32.2. The van der Waals surface area contributed by atoms with E-state index >= 15 is 0 Å². The minimum absolute atomic E-state index is 0.0824. The van der Waals surface area contributed by atoms with Crippen LogP contribution in [0, 0.1) is 5.82 Å². The number of benzene rings is 2. The summed E-state index contributed by atoms with van der Waals surface area (Å²) in [5.41, 5.74) is 1.41. The van der Waals surface area contributed by atoms with Gasteiger partial charge in [-0.1, -0.05) is 42.1 Å². The van der Waals surface area contributed by atoms with Crippen LogP contribution in [0.15, 0.2) is 59.8 Å². The lowest BCUT2D eigenvalue weighted by Gasteiger charge is -2.07. The van der Waals surface area contributed by atoms with Crippen molar-refractivity contribution in [3.63, 3.8) is 0 Å². The quantitative estimate of drug-likeness (QED) is 0.569. The molecule has 1 N–H and O–H groups in total. The summed E-state index contributed by atoms with van der Waals surface area (Å²) in [6, 6.07) is 15.2. The highest BCUT2D eigenvalue weighted by Crippen LogP contribution is 2.24. The predicted octanol–water partition coefficient (Wildman–Crippen LogP) is 3.97. The second-order valence-corrected chi connectivity index (χ2v) is 6.27. The fourth-order valence-electron chi connectivity index (χ4n) is 2.08. The maximum atomic E-state index is 12.9. The number of thioether (sulfide) groups is 1. The number of nitrogens with zero attached hydrogens (tertiary/aromatic N) is 2. The van der Waals surface area contributed by atoms with Crippen molar-refractivity contribution in [1.82, 2.24) is 15.2 Å². The van der Waals surface area contributed by atoms with Crippen LogP contribution in [0.25, 0.3) is 11.4 Å². The average molecular weight is 327 g/mol. The van der Waals surface area contributed by atoms with E-state index in [1.165, 1.54) is 36.0 Å². The lowest BCUT2D eigenvalue weighted by Crippen LogP contribution is -2.13. The summed E-state index contributed by atoms with van der Waals surface area (Å²) in [5.74, 6) is 0.221. The summed E-state index contributed by atoms with van der Waals surface area (Å²) in [6.07, 6.45) is 0. The van der Waals surface area contributed by atoms with Crippen LogP contribution in [0.4, 0.5) is 4.39 Å². The van der Waals surface area contributed by atoms with Gasteiger partial charge in [0, 0.05) is 11.1 Å². The number of ketones is 1. The van der Waals surface area contributed by atoms with Crippen molar-refractivity contribution in [3.05, 3.63) is 66.0 Å². The Morgan fingerprint density at radius 3 is 2.52 bits per heavy atom. The molecule has 0 aliphatic carbocycles. The average Bonchev–Trinajstić information content (AvgIpc) is 3.04. The molecular weight excluding hydrogens is 313 g/mol. The summed E-state index contributed by atoms with van der Waals surface area (Å²) in [7, 11) is 0. The van der Waals surface area contributed by atoms with Crippen LogP contribution in [0.5, 0.6) is 0 Å². The summed E-state index contributed by atoms with van der Waals surface area (Å²) in [6.45, 7) is 1.79. The smallest absolute Gasteiger partial charge is 0.209 e. The van der Waals surface area contributed by atoms with Crippen LogP contribution in [0.3, 0.4) is 0 Å². The van der Waals surface area contributed by atoms with Crippen molar-refractivity contribution < 1.29 is 9.18 Å². The van der Waals surface area contributed by atoms with Crippen molar-refractivity contribution in [2.24, 2.45) is 0 Å². The molecule has 0 aliphatic heterocycles. The normalized spacial score (nSPS) is 12.1. The van der Waals surface area contributed by atoms with Gasteiger partial charge in [-0.3, -0.25) is 9.89 Å². The lowest BCUT2D eigenvalue weighted by molar-refractivity contribution is 0.0994. The number of aromatic amines is 1. The first kappa shape index (κ1) is 15.4. The third-order valence-electron chi connectivity index (χ3n) is 3.29. The van der Waals surface area contributed by atoms with E-state index in [2.05, 4.69) is 15.2 Å². The SMILES string of the molecule is C[C@@H](Sc1n[nH]c(-c2ccccc2)n1)C(=O)c1ccc(F)cc1. The van der Waals surface area contributed by atoms with E-state index in [0.29, 0.717) is 16.5 Å². The molecule has 0 unspecified atom stereocenters. The highest BCUT2D eigenvalue weighted by molar-refractivity contribution is 8.00. The number of H-pyrrole nitrogens is 1. The van der Waals surface area contributed by atoms with Crippen LogP contribution < -0.4 is 0 Å². The Balaban J connectivity index is 1.71. The van der Waals surface area contributed by atoms with E-state index in [1.54, 1.807) is 6.92 Å². The molecule has 1 atom stereocenters. The third-order valence-corrected chi connectivity index (χ3v) is 4.25. The molecule has 0 spiro atoms. The molecule has 0 saturated carbocycles. The number of carbonyl (C=O) groups excluding carboxylic acids is 1. The Hall–Kier alpha value is -2.47. The van der Waals surface area contributed by atoms with Gasteiger partial charge in [0.2, 0.25) is 5.16 Å². The molecule has 116 valence electrons. The molecule has 0 radical (unpaired) electrons. The second kappa shape index (κ2) is 6.75. The molecule has 3 aromatic rings. The zero-order valence-corrected chi connectivity index (χ0v) is 13.2. The fourth-order valence-corrected chi connectivity index (χ4v) is 2.89. The van der Waals surface area contributed by atoms with Gasteiger partial charge in [-0.15, -0.1) is 5.10 Å². The maximum Gasteiger partial charge on any atom is 0.209 e. The number of hydrogen-bond acceptors (Lipinski definition) is 4. The molecule has 2 aromatic carbocycles. The molecule has 4 nitrogen and oxygen atoms in total. The third kappa shape index (κ3) is 3.65. The molecule has 0 bridgehead atoms. The van der Waals surface area contributed by atoms with Gasteiger partial charge >= 0.3 is 0 Å². The first-order valence-electron chi connectivity index (χ1n) is 7.08. The number of carbonyl (C=O) groups is 1. The first-order chi connectivity index (χ1) is 11.1. The van der Waals surface area contributed by atoms with E-state index in [-0.39, 0.29) is 16.9 Å². The van der Waals surface area contributed by atoms with E-state index in [4.69, 9.17) is 0 Å². The number of Topliss-reactive ketones (excluding diaryl/α,β-unsaturated/α-hetero) is 1. The lowest BCUT2D eigenvalue weighted by atomic mass is 10.1. The molecule has 0 fully saturated rings. The Morgan fingerprint density at radius 2 is 1.83 bits per heavy atom. The Bertz CT molecular complexity index is 802. The number of nitrogens with one attached hydrogen (secondary N) is 1. The van der Waals surface area contributed by atoms with Crippen LogP contribution in [-0.2, 0) is 0 Å². The highest BCUT2D eigenvalue weighted by Gasteiger charge is 2.19. The zero-order valence-electron chi connectivity index (χ0n) is 12.4. The van der Waals surface area contributed by atoms with Crippen molar-refractivity contribution in [1.29, 1.82) is 0 Å². The Labute approximate surface area is 137 Å². The summed E-state index contributed by atoms with van der Waals surface area (Å²) < 4.78 is 12.9. The van der Waals surface area contributed by atoms with E-state index < -0.39 is 0 Å². The first-order valence-corrected chi connectivity index (χ1v) is 7.96. The topological polar surface area (TPSA) is 58.6 Å². The van der Waals surface area contributed by atoms with Crippen molar-refractivity contribution in [2.75, 3.05) is 0 Å². The van der Waals surface area contributed by atoms with Gasteiger partial charge in [0.15, 0.2) is 11.6 Å². The van der Waals surface area contributed by atoms with Crippen molar-refractivity contribution in [2.45, 2.75) is 17.3 Å². The van der Waals surface area contributed by atoms with Crippen LogP contribution in [-0.4, -0.2) is 26.2 Å². The van der Waals surface area contributed by atoms with Crippen molar-refractivity contribution in [3.8, 4) is 11.4 Å². The predicted molar refractivity (Wildman–Crippen MR) is 87.9 cm³/mol. The molecule has 1 heterocycles. The minimum atomic E-state index is -0.361. The monoisotopic (exact) mass is 327 g/mol. The van der Waals surface area contributed by atoms with E-state index in [0.717, 1.165) is 5.56 Å². The molecule has 0 aliphatic rings. The Kier molecular flexibility index (Phi) is 4.52. The number of aromatic nitrogens is 3. The van der Waals surface area contributed by atoms with Crippen molar-refractivity contribution >= 4 is 17.5 Å². The van der Waals surface area contributed by atoms with Gasteiger partial charge in [-0.05, 0) is 31.2 Å². The van der Waals surface area contributed by atoms with E-state index in [9.17, 15) is 9.18 Å². The molecule has 23 heavy (non-hydrogen) atoms. The number of rotatable bonds is 5. The summed E-state index contributed by atoms with van der Waals surface area (Å²) in [4.78, 5) is 16.7. The number of hydrogen-bond donors (Lipinski definition) is 1. The standard InChI is InChI=1S/C17H14FN3OS/c1-11(15(22)12-7-9-14(18)10-8-12)23-17-19-16(20-21-17)13-5-3-2-4-6-13/h2-11H,1H3,(H,19,20,21)/t11-/m1/s1. The van der Waals surface area contributed by atoms with Gasteiger partial charge in [0.05, 0.1) is 5.25 Å². The van der Waals surface area contributed by atoms with Crippen LogP contribution >= 0.6 is 11.8 Å². The number of halogens is 1.